The molecule has 0 aliphatic heterocycles. The van der Waals surface area contributed by atoms with Gasteiger partial charge in [0, 0.05) is 5.38 Å². The van der Waals surface area contributed by atoms with Crippen molar-refractivity contribution in [2.45, 2.75) is 25.8 Å². The molecule has 2 aromatic rings. The number of aromatic nitrogens is 1. The summed E-state index contributed by atoms with van der Waals surface area (Å²) in [5.41, 5.74) is 7.88. The van der Waals surface area contributed by atoms with Gasteiger partial charge in [0.1, 0.15) is 10.8 Å². The van der Waals surface area contributed by atoms with E-state index in [2.05, 4.69) is 18.8 Å². The van der Waals surface area contributed by atoms with E-state index in [1.165, 1.54) is 23.5 Å². The smallest absolute Gasteiger partial charge is 0.123 e. The molecule has 0 amide bonds. The van der Waals surface area contributed by atoms with Crippen molar-refractivity contribution in [2.75, 3.05) is 0 Å². The lowest BCUT2D eigenvalue weighted by atomic mass is 10.1. The van der Waals surface area contributed by atoms with E-state index >= 15 is 0 Å². The second-order valence-electron chi connectivity index (χ2n) is 4.30. The van der Waals surface area contributed by atoms with E-state index in [-0.39, 0.29) is 11.9 Å². The standard InChI is InChI=1S/C13H15FN2S/c1-8(2)11-7-17-13(16-11)12(15)9-4-3-5-10(14)6-9/h3-8,12H,15H2,1-2H3. The number of hydrogen-bond donors (Lipinski definition) is 1. The third-order valence-corrected chi connectivity index (χ3v) is 3.55. The minimum absolute atomic E-state index is 0.265. The zero-order chi connectivity index (χ0) is 12.4. The van der Waals surface area contributed by atoms with Crippen LogP contribution in [0.1, 0.15) is 42.1 Å². The first-order chi connectivity index (χ1) is 8.08. The van der Waals surface area contributed by atoms with Gasteiger partial charge in [0.05, 0.1) is 11.7 Å². The molecule has 2 N–H and O–H groups in total. The summed E-state index contributed by atoms with van der Waals surface area (Å²) in [5, 5.41) is 2.85. The van der Waals surface area contributed by atoms with Crippen molar-refractivity contribution in [3.05, 3.63) is 51.7 Å². The monoisotopic (exact) mass is 250 g/mol. The number of benzene rings is 1. The summed E-state index contributed by atoms with van der Waals surface area (Å²) in [5.74, 6) is 0.123. The maximum atomic E-state index is 13.1. The molecule has 1 unspecified atom stereocenters. The first kappa shape index (κ1) is 12.2. The average Bonchev–Trinajstić information content (AvgIpc) is 2.77. The Morgan fingerprint density at radius 1 is 1.35 bits per heavy atom. The van der Waals surface area contributed by atoms with Crippen molar-refractivity contribution < 1.29 is 4.39 Å². The van der Waals surface area contributed by atoms with Crippen LogP contribution in [0.4, 0.5) is 4.39 Å². The molecule has 1 atom stereocenters. The van der Waals surface area contributed by atoms with Gasteiger partial charge < -0.3 is 5.73 Å². The average molecular weight is 250 g/mol. The largest absolute Gasteiger partial charge is 0.318 e. The molecule has 2 nitrogen and oxygen atoms in total. The number of hydrogen-bond acceptors (Lipinski definition) is 3. The van der Waals surface area contributed by atoms with Gasteiger partial charge in [-0.3, -0.25) is 0 Å². The Hall–Kier alpha value is -1.26. The highest BCUT2D eigenvalue weighted by molar-refractivity contribution is 7.09. The number of halogens is 1. The maximum Gasteiger partial charge on any atom is 0.123 e. The molecule has 1 aromatic carbocycles. The highest BCUT2D eigenvalue weighted by Crippen LogP contribution is 2.26. The maximum absolute atomic E-state index is 13.1. The first-order valence-corrected chi connectivity index (χ1v) is 6.42. The van der Waals surface area contributed by atoms with E-state index in [1.807, 2.05) is 11.4 Å². The second-order valence-corrected chi connectivity index (χ2v) is 5.19. The van der Waals surface area contributed by atoms with Crippen LogP contribution in [0.3, 0.4) is 0 Å². The molecule has 90 valence electrons. The molecule has 0 aliphatic carbocycles. The third kappa shape index (κ3) is 2.70. The van der Waals surface area contributed by atoms with Crippen LogP contribution >= 0.6 is 11.3 Å². The highest BCUT2D eigenvalue weighted by Gasteiger charge is 2.14. The second kappa shape index (κ2) is 4.94. The highest BCUT2D eigenvalue weighted by atomic mass is 32.1. The van der Waals surface area contributed by atoms with Gasteiger partial charge in [-0.25, -0.2) is 9.37 Å². The Bertz CT molecular complexity index is 508. The van der Waals surface area contributed by atoms with Gasteiger partial charge in [0.15, 0.2) is 0 Å². The normalized spacial score (nSPS) is 13.0. The lowest BCUT2D eigenvalue weighted by Crippen LogP contribution is -2.12. The molecule has 1 aromatic heterocycles. The third-order valence-electron chi connectivity index (χ3n) is 2.61. The van der Waals surface area contributed by atoms with Crippen molar-refractivity contribution >= 4 is 11.3 Å². The fraction of sp³-hybridized carbons (Fsp3) is 0.308. The van der Waals surface area contributed by atoms with Crippen molar-refractivity contribution in [3.8, 4) is 0 Å². The topological polar surface area (TPSA) is 38.9 Å². The Kier molecular flexibility index (Phi) is 3.54. The summed E-state index contributed by atoms with van der Waals surface area (Å²) in [4.78, 5) is 4.49. The molecule has 0 bridgehead atoms. The molecular formula is C13H15FN2S. The lowest BCUT2D eigenvalue weighted by Gasteiger charge is -2.08. The Balaban J connectivity index is 2.27. The molecule has 0 radical (unpaired) electrons. The van der Waals surface area contributed by atoms with Crippen LogP contribution < -0.4 is 5.73 Å². The number of nitrogens with two attached hydrogens (primary N) is 1. The van der Waals surface area contributed by atoms with Gasteiger partial charge in [0.25, 0.3) is 0 Å². The molecule has 1 heterocycles. The molecule has 0 saturated carbocycles. The van der Waals surface area contributed by atoms with Gasteiger partial charge in [-0.1, -0.05) is 26.0 Å². The van der Waals surface area contributed by atoms with E-state index in [0.29, 0.717) is 5.92 Å². The molecule has 0 spiro atoms. The number of nitrogens with zero attached hydrogens (tertiary/aromatic N) is 1. The molecule has 0 aliphatic rings. The molecule has 2 rings (SSSR count). The molecular weight excluding hydrogens is 235 g/mol. The van der Waals surface area contributed by atoms with E-state index in [0.717, 1.165) is 16.3 Å². The van der Waals surface area contributed by atoms with Crippen molar-refractivity contribution in [1.29, 1.82) is 0 Å². The van der Waals surface area contributed by atoms with Crippen LogP contribution in [0, 0.1) is 5.82 Å². The summed E-state index contributed by atoms with van der Waals surface area (Å²) in [6.45, 7) is 4.18. The minimum atomic E-state index is -0.344. The Labute approximate surface area is 104 Å². The number of rotatable bonds is 3. The van der Waals surface area contributed by atoms with Crippen LogP contribution in [0.5, 0.6) is 0 Å². The molecule has 0 fully saturated rings. The van der Waals surface area contributed by atoms with Gasteiger partial charge in [-0.05, 0) is 23.6 Å². The van der Waals surface area contributed by atoms with Crippen LogP contribution in [-0.2, 0) is 0 Å². The van der Waals surface area contributed by atoms with Gasteiger partial charge >= 0.3 is 0 Å². The van der Waals surface area contributed by atoms with Crippen LogP contribution in [0.15, 0.2) is 29.6 Å². The van der Waals surface area contributed by atoms with Crippen LogP contribution in [0.2, 0.25) is 0 Å². The lowest BCUT2D eigenvalue weighted by molar-refractivity contribution is 0.623. The first-order valence-electron chi connectivity index (χ1n) is 5.54. The molecule has 0 saturated heterocycles. The zero-order valence-corrected chi connectivity index (χ0v) is 10.7. The molecule has 4 heteroatoms. The predicted molar refractivity (Wildman–Crippen MR) is 68.6 cm³/mol. The zero-order valence-electron chi connectivity index (χ0n) is 9.85. The molecule has 17 heavy (non-hydrogen) atoms. The van der Waals surface area contributed by atoms with E-state index in [1.54, 1.807) is 6.07 Å². The summed E-state index contributed by atoms with van der Waals surface area (Å²) < 4.78 is 13.1. The SMILES string of the molecule is CC(C)c1csc(C(N)c2cccc(F)c2)n1. The Morgan fingerprint density at radius 2 is 2.12 bits per heavy atom. The summed E-state index contributed by atoms with van der Waals surface area (Å²) >= 11 is 1.53. The Morgan fingerprint density at radius 3 is 2.71 bits per heavy atom. The number of thiazole rings is 1. The van der Waals surface area contributed by atoms with Crippen molar-refractivity contribution in [2.24, 2.45) is 5.73 Å². The van der Waals surface area contributed by atoms with Crippen molar-refractivity contribution in [1.82, 2.24) is 4.98 Å². The summed E-state index contributed by atoms with van der Waals surface area (Å²) in [6.07, 6.45) is 0. The fourth-order valence-corrected chi connectivity index (χ4v) is 2.56. The van der Waals surface area contributed by atoms with Gasteiger partial charge in [-0.2, -0.15) is 0 Å². The minimum Gasteiger partial charge on any atom is -0.318 e. The fourth-order valence-electron chi connectivity index (χ4n) is 1.55. The van der Waals surface area contributed by atoms with Gasteiger partial charge in [-0.15, -0.1) is 11.3 Å². The van der Waals surface area contributed by atoms with E-state index < -0.39 is 0 Å². The predicted octanol–water partition coefficient (Wildman–Crippen LogP) is 3.45. The van der Waals surface area contributed by atoms with Crippen molar-refractivity contribution in [3.63, 3.8) is 0 Å². The van der Waals surface area contributed by atoms with Crippen LogP contribution in [0.25, 0.3) is 0 Å². The van der Waals surface area contributed by atoms with E-state index in [4.69, 9.17) is 5.73 Å². The quantitative estimate of drug-likeness (QED) is 0.906. The summed E-state index contributed by atoms with van der Waals surface area (Å²) in [7, 11) is 0. The van der Waals surface area contributed by atoms with Crippen LogP contribution in [-0.4, -0.2) is 4.98 Å². The van der Waals surface area contributed by atoms with Gasteiger partial charge in [0.2, 0.25) is 0 Å². The summed E-state index contributed by atoms with van der Waals surface area (Å²) in [6, 6.07) is 6.02. The van der Waals surface area contributed by atoms with E-state index in [9.17, 15) is 4.39 Å².